The van der Waals surface area contributed by atoms with Crippen molar-refractivity contribution in [3.8, 4) is 17.2 Å². The minimum absolute atomic E-state index is 0. The molecule has 3 rings (SSSR count). The number of hydrogen-bond acceptors (Lipinski definition) is 6. The van der Waals surface area contributed by atoms with Gasteiger partial charge in [0.05, 0.1) is 18.3 Å². The van der Waals surface area contributed by atoms with E-state index in [1.54, 1.807) is 13.3 Å². The number of nitrogens with zero attached hydrogens (tertiary/aromatic N) is 1. The average Bonchev–Trinajstić information content (AvgIpc) is 2.73. The SMILES string of the molecule is COc1cc(NC(C)CCCN)c2ncccc2c1Oc1ccccc1.O.O=P(O)(O)O. The van der Waals surface area contributed by atoms with E-state index in [1.807, 2.05) is 48.5 Å². The summed E-state index contributed by atoms with van der Waals surface area (Å²) in [6, 6.07) is 15.8. The van der Waals surface area contributed by atoms with Gasteiger partial charge in [0.2, 0.25) is 0 Å². The summed E-state index contributed by atoms with van der Waals surface area (Å²) in [5.74, 6) is 2.10. The van der Waals surface area contributed by atoms with Gasteiger partial charge in [-0.2, -0.15) is 0 Å². The summed E-state index contributed by atoms with van der Waals surface area (Å²) in [5.41, 5.74) is 7.42. The number of nitrogens with one attached hydrogen (secondary N) is 1. The van der Waals surface area contributed by atoms with Gasteiger partial charge in [-0.05, 0) is 50.6 Å². The molecule has 1 heterocycles. The van der Waals surface area contributed by atoms with Crippen molar-refractivity contribution in [1.29, 1.82) is 0 Å². The molecule has 0 fully saturated rings. The summed E-state index contributed by atoms with van der Waals surface area (Å²) in [7, 11) is -2.99. The first-order chi connectivity index (χ1) is 14.7. The van der Waals surface area contributed by atoms with Crippen LogP contribution in [0.1, 0.15) is 19.8 Å². The molecule has 0 amide bonds. The zero-order valence-corrected chi connectivity index (χ0v) is 18.8. The van der Waals surface area contributed by atoms with Crippen molar-refractivity contribution in [1.82, 2.24) is 4.98 Å². The molecule has 32 heavy (non-hydrogen) atoms. The van der Waals surface area contributed by atoms with Gasteiger partial charge in [0.1, 0.15) is 5.75 Å². The van der Waals surface area contributed by atoms with Crippen LogP contribution in [-0.4, -0.2) is 44.8 Å². The molecular formula is C21H30N3O7P. The lowest BCUT2D eigenvalue weighted by molar-refractivity contribution is 0.275. The molecule has 2 aromatic carbocycles. The lowest BCUT2D eigenvalue weighted by Crippen LogP contribution is -2.17. The zero-order valence-electron chi connectivity index (χ0n) is 17.9. The van der Waals surface area contributed by atoms with E-state index in [0.29, 0.717) is 18.0 Å². The van der Waals surface area contributed by atoms with Crippen LogP contribution >= 0.6 is 7.82 Å². The second kappa shape index (κ2) is 13.0. The van der Waals surface area contributed by atoms with E-state index in [0.717, 1.165) is 35.2 Å². The summed E-state index contributed by atoms with van der Waals surface area (Å²) in [6.07, 6.45) is 3.76. The molecule has 0 aliphatic rings. The highest BCUT2D eigenvalue weighted by molar-refractivity contribution is 7.45. The maximum absolute atomic E-state index is 8.88. The fraction of sp³-hybridized carbons (Fsp3) is 0.286. The van der Waals surface area contributed by atoms with Gasteiger partial charge in [-0.15, -0.1) is 0 Å². The van der Waals surface area contributed by atoms with Gasteiger partial charge in [-0.25, -0.2) is 4.57 Å². The predicted octanol–water partition coefficient (Wildman–Crippen LogP) is 2.82. The summed E-state index contributed by atoms with van der Waals surface area (Å²) >= 11 is 0. The van der Waals surface area contributed by atoms with Crippen LogP contribution in [0, 0.1) is 0 Å². The summed E-state index contributed by atoms with van der Waals surface area (Å²) in [4.78, 5) is 26.1. The number of nitrogens with two attached hydrogens (primary N) is 1. The molecule has 0 radical (unpaired) electrons. The molecule has 1 unspecified atom stereocenters. The van der Waals surface area contributed by atoms with Gasteiger partial charge in [-0.3, -0.25) is 4.98 Å². The number of rotatable bonds is 8. The van der Waals surface area contributed by atoms with Gasteiger partial charge in [-0.1, -0.05) is 18.2 Å². The standard InChI is InChI=1S/C21H25N3O2.H3O4P.H2O/c1-15(8-6-12-22)24-18-14-19(25-2)21(17-11-7-13-23-20(17)18)26-16-9-4-3-5-10-16;1-5(2,3)4;/h3-5,7,9-11,13-15,24H,6,8,12,22H2,1-2H3;(H3,1,2,3,4);1H2. The molecule has 0 bridgehead atoms. The first kappa shape index (κ1) is 27.3. The van der Waals surface area contributed by atoms with E-state index in [4.69, 9.17) is 34.5 Å². The van der Waals surface area contributed by atoms with Crippen LogP contribution in [-0.2, 0) is 4.57 Å². The van der Waals surface area contributed by atoms with Gasteiger partial charge >= 0.3 is 7.82 Å². The Balaban J connectivity index is 0.000000770. The topological polar surface area (TPSA) is 179 Å². The van der Waals surface area contributed by atoms with E-state index >= 15 is 0 Å². The van der Waals surface area contributed by atoms with Crippen molar-refractivity contribution in [2.24, 2.45) is 5.73 Å². The highest BCUT2D eigenvalue weighted by atomic mass is 31.2. The van der Waals surface area contributed by atoms with Crippen LogP contribution < -0.4 is 20.5 Å². The Morgan fingerprint density at radius 3 is 2.41 bits per heavy atom. The van der Waals surface area contributed by atoms with E-state index < -0.39 is 7.82 Å². The molecule has 0 saturated heterocycles. The first-order valence-electron chi connectivity index (χ1n) is 9.66. The van der Waals surface area contributed by atoms with Gasteiger partial charge in [0.25, 0.3) is 0 Å². The lowest BCUT2D eigenvalue weighted by Gasteiger charge is -2.19. The molecule has 1 aromatic heterocycles. The molecule has 0 spiro atoms. The quantitative estimate of drug-likeness (QED) is 0.311. The minimum atomic E-state index is -4.64. The Kier molecular flexibility index (Phi) is 11.1. The molecule has 11 heteroatoms. The molecular weight excluding hydrogens is 437 g/mol. The van der Waals surface area contributed by atoms with Gasteiger partial charge in [0.15, 0.2) is 11.5 Å². The second-order valence-electron chi connectivity index (χ2n) is 6.76. The molecule has 3 aromatic rings. The van der Waals surface area contributed by atoms with Crippen molar-refractivity contribution in [3.63, 3.8) is 0 Å². The Morgan fingerprint density at radius 2 is 1.81 bits per heavy atom. The van der Waals surface area contributed by atoms with E-state index in [2.05, 4.69) is 17.2 Å². The number of methoxy groups -OCH3 is 1. The van der Waals surface area contributed by atoms with Gasteiger partial charge in [0, 0.05) is 23.7 Å². The fourth-order valence-electron chi connectivity index (χ4n) is 2.94. The van der Waals surface area contributed by atoms with E-state index in [1.165, 1.54) is 0 Å². The van der Waals surface area contributed by atoms with Gasteiger partial charge < -0.3 is 40.7 Å². The predicted molar refractivity (Wildman–Crippen MR) is 124 cm³/mol. The van der Waals surface area contributed by atoms with Crippen LogP contribution in [0.15, 0.2) is 54.7 Å². The molecule has 0 aliphatic carbocycles. The monoisotopic (exact) mass is 467 g/mol. The van der Waals surface area contributed by atoms with Crippen molar-refractivity contribution in [2.45, 2.75) is 25.8 Å². The highest BCUT2D eigenvalue weighted by Gasteiger charge is 2.17. The average molecular weight is 467 g/mol. The molecule has 0 saturated carbocycles. The Hall–Kier alpha value is -2.72. The number of fused-ring (bicyclic) bond motifs is 1. The van der Waals surface area contributed by atoms with Crippen LogP contribution in [0.4, 0.5) is 5.69 Å². The zero-order chi connectivity index (χ0) is 22.9. The van der Waals surface area contributed by atoms with E-state index in [-0.39, 0.29) is 11.5 Å². The van der Waals surface area contributed by atoms with Crippen molar-refractivity contribution in [2.75, 3.05) is 19.0 Å². The summed E-state index contributed by atoms with van der Waals surface area (Å²) in [6.45, 7) is 2.84. The van der Waals surface area contributed by atoms with Crippen LogP contribution in [0.3, 0.4) is 0 Å². The number of ether oxygens (including phenoxy) is 2. The maximum atomic E-state index is 8.88. The lowest BCUT2D eigenvalue weighted by atomic mass is 10.1. The number of phosphoric acid groups is 1. The minimum Gasteiger partial charge on any atom is -0.493 e. The Bertz CT molecular complexity index is 1010. The Labute approximate surface area is 186 Å². The molecule has 1 atom stereocenters. The molecule has 176 valence electrons. The van der Waals surface area contributed by atoms with Crippen LogP contribution in [0.5, 0.6) is 17.2 Å². The highest BCUT2D eigenvalue weighted by Crippen LogP contribution is 2.42. The third kappa shape index (κ3) is 8.80. The van der Waals surface area contributed by atoms with Crippen molar-refractivity contribution < 1.29 is 34.2 Å². The fourth-order valence-corrected chi connectivity index (χ4v) is 2.94. The second-order valence-corrected chi connectivity index (χ2v) is 7.79. The van der Waals surface area contributed by atoms with Crippen LogP contribution in [0.25, 0.3) is 10.9 Å². The third-order valence-electron chi connectivity index (χ3n) is 4.23. The van der Waals surface area contributed by atoms with Crippen molar-refractivity contribution >= 4 is 24.4 Å². The van der Waals surface area contributed by atoms with E-state index in [9.17, 15) is 0 Å². The summed E-state index contributed by atoms with van der Waals surface area (Å²) < 4.78 is 20.6. The normalized spacial score (nSPS) is 11.6. The van der Waals surface area contributed by atoms with Crippen LogP contribution in [0.2, 0.25) is 0 Å². The number of aromatic nitrogens is 1. The number of pyridine rings is 1. The summed E-state index contributed by atoms with van der Waals surface area (Å²) in [5, 5.41) is 4.44. The molecule has 8 N–H and O–H groups in total. The largest absolute Gasteiger partial charge is 0.493 e. The number of benzene rings is 2. The maximum Gasteiger partial charge on any atom is 0.466 e. The smallest absolute Gasteiger partial charge is 0.466 e. The molecule has 10 nitrogen and oxygen atoms in total. The third-order valence-corrected chi connectivity index (χ3v) is 4.23. The number of anilines is 1. The van der Waals surface area contributed by atoms with Crippen molar-refractivity contribution in [3.05, 3.63) is 54.7 Å². The Morgan fingerprint density at radius 1 is 1.16 bits per heavy atom. The first-order valence-corrected chi connectivity index (χ1v) is 11.2. The number of para-hydroxylation sites is 1. The number of hydrogen-bond donors (Lipinski definition) is 5. The molecule has 0 aliphatic heterocycles.